The SMILES string of the molecule is BrC1C=CCCC1.NC(=O)Cc1c[nH]c2ccccc12.NC(=O)Cc1cn(C2C=CCCC2)c2ccccc12. The molecule has 2 unspecified atom stereocenters. The zero-order valence-electron chi connectivity index (χ0n) is 22.2. The van der Waals surface area contributed by atoms with E-state index in [4.69, 9.17) is 11.5 Å². The molecule has 2 aromatic carbocycles. The van der Waals surface area contributed by atoms with Crippen molar-refractivity contribution < 1.29 is 9.59 Å². The third kappa shape index (κ3) is 7.96. The third-order valence-corrected chi connectivity index (χ3v) is 7.77. The lowest BCUT2D eigenvalue weighted by atomic mass is 10.0. The average Bonchev–Trinajstić information content (AvgIpc) is 3.51. The molecule has 39 heavy (non-hydrogen) atoms. The lowest BCUT2D eigenvalue weighted by Gasteiger charge is -2.19. The van der Waals surface area contributed by atoms with Gasteiger partial charge in [-0.05, 0) is 61.8 Å². The Bertz CT molecular complexity index is 1470. The molecule has 2 amide bonds. The van der Waals surface area contributed by atoms with Crippen molar-refractivity contribution in [1.82, 2.24) is 9.55 Å². The molecule has 0 saturated heterocycles. The minimum absolute atomic E-state index is 0.276. The molecule has 0 radical (unpaired) electrons. The number of carbonyl (C=O) groups is 2. The number of aromatic nitrogens is 2. The van der Waals surface area contributed by atoms with E-state index in [1.807, 2.05) is 42.6 Å². The molecule has 6 nitrogen and oxygen atoms in total. The van der Waals surface area contributed by atoms with Gasteiger partial charge in [-0.1, -0.05) is 76.6 Å². The summed E-state index contributed by atoms with van der Waals surface area (Å²) in [6.45, 7) is 0. The Morgan fingerprint density at radius 1 is 0.846 bits per heavy atom. The Kier molecular flexibility index (Phi) is 10.2. The standard InChI is InChI=1S/C16H18N2O.C10H10N2O.C6H9Br/c17-16(19)10-12-11-18(13-6-2-1-3-7-13)15-9-5-4-8-14(12)15;11-10(13)5-7-6-12-9-4-2-1-3-8(7)9;7-6-4-2-1-3-5-6/h2,4-6,8-9,11,13H,1,3,7,10H2,(H2,17,19);1-4,6,12H,5H2,(H2,11,13);2,4,6H,1,3,5H2. The summed E-state index contributed by atoms with van der Waals surface area (Å²) < 4.78 is 2.28. The van der Waals surface area contributed by atoms with Gasteiger partial charge in [0.1, 0.15) is 0 Å². The molecule has 0 bridgehead atoms. The predicted octanol–water partition coefficient (Wildman–Crippen LogP) is 6.64. The van der Waals surface area contributed by atoms with Gasteiger partial charge >= 0.3 is 0 Å². The van der Waals surface area contributed by atoms with Crippen molar-refractivity contribution in [1.29, 1.82) is 0 Å². The number of fused-ring (bicyclic) bond motifs is 2. The summed E-state index contributed by atoms with van der Waals surface area (Å²) in [5.41, 5.74) is 14.7. The van der Waals surface area contributed by atoms with Gasteiger partial charge in [-0.25, -0.2) is 0 Å². The summed E-state index contributed by atoms with van der Waals surface area (Å²) in [5, 5.41) is 2.21. The minimum atomic E-state index is -0.301. The van der Waals surface area contributed by atoms with Gasteiger partial charge in [-0.15, -0.1) is 0 Å². The van der Waals surface area contributed by atoms with Crippen LogP contribution in [0.1, 0.15) is 55.7 Å². The number of amides is 2. The van der Waals surface area contributed by atoms with Crippen LogP contribution in [0.25, 0.3) is 21.8 Å². The summed E-state index contributed by atoms with van der Waals surface area (Å²) in [4.78, 5) is 25.7. The molecule has 2 aliphatic rings. The van der Waals surface area contributed by atoms with Gasteiger partial charge in [0, 0.05) is 39.0 Å². The number of hydrogen-bond donors (Lipinski definition) is 3. The van der Waals surface area contributed by atoms with Crippen molar-refractivity contribution in [2.75, 3.05) is 0 Å². The first-order valence-corrected chi connectivity index (χ1v) is 14.5. The van der Waals surface area contributed by atoms with Gasteiger partial charge in [-0.3, -0.25) is 9.59 Å². The number of nitrogens with two attached hydrogens (primary N) is 2. The van der Waals surface area contributed by atoms with Crippen LogP contribution in [-0.4, -0.2) is 26.2 Å². The first kappa shape index (κ1) is 28.4. The van der Waals surface area contributed by atoms with Crippen molar-refractivity contribution in [2.24, 2.45) is 11.5 Å². The third-order valence-electron chi connectivity index (χ3n) is 7.01. The summed E-state index contributed by atoms with van der Waals surface area (Å²) in [7, 11) is 0. The van der Waals surface area contributed by atoms with Gasteiger partial charge in [0.15, 0.2) is 0 Å². The van der Waals surface area contributed by atoms with Crippen LogP contribution in [0.5, 0.6) is 0 Å². The number of H-pyrrole nitrogens is 1. The first-order valence-electron chi connectivity index (χ1n) is 13.6. The molecule has 0 fully saturated rings. The molecular formula is C32H37BrN4O2. The predicted molar refractivity (Wildman–Crippen MR) is 164 cm³/mol. The van der Waals surface area contributed by atoms with E-state index in [9.17, 15) is 9.59 Å². The fraction of sp³-hybridized carbons (Fsp3) is 0.312. The van der Waals surface area contributed by atoms with Crippen molar-refractivity contribution in [3.8, 4) is 0 Å². The van der Waals surface area contributed by atoms with Crippen LogP contribution in [0.4, 0.5) is 0 Å². The lowest BCUT2D eigenvalue weighted by Crippen LogP contribution is -2.13. The summed E-state index contributed by atoms with van der Waals surface area (Å²) in [6.07, 6.45) is 21.0. The normalized spacial score (nSPS) is 18.2. The zero-order chi connectivity index (χ0) is 27.6. The molecule has 6 rings (SSSR count). The van der Waals surface area contributed by atoms with Crippen LogP contribution in [0, 0.1) is 0 Å². The van der Waals surface area contributed by atoms with E-state index in [2.05, 4.69) is 68.1 Å². The molecule has 2 aromatic heterocycles. The maximum atomic E-state index is 11.2. The van der Waals surface area contributed by atoms with Crippen molar-refractivity contribution in [3.05, 3.63) is 96.4 Å². The van der Waals surface area contributed by atoms with Gasteiger partial charge in [-0.2, -0.15) is 0 Å². The molecule has 7 heteroatoms. The minimum Gasteiger partial charge on any atom is -0.369 e. The highest BCUT2D eigenvalue weighted by molar-refractivity contribution is 9.09. The highest BCUT2D eigenvalue weighted by atomic mass is 79.9. The number of carbonyl (C=O) groups excluding carboxylic acids is 2. The highest BCUT2D eigenvalue weighted by Gasteiger charge is 2.16. The second-order valence-corrected chi connectivity index (χ2v) is 11.2. The Morgan fingerprint density at radius 2 is 1.49 bits per heavy atom. The van der Waals surface area contributed by atoms with E-state index in [1.54, 1.807) is 0 Å². The number of alkyl halides is 1. The molecule has 5 N–H and O–H groups in total. The van der Waals surface area contributed by atoms with Crippen molar-refractivity contribution >= 4 is 49.6 Å². The molecule has 0 saturated carbocycles. The Labute approximate surface area is 238 Å². The second-order valence-electron chi connectivity index (χ2n) is 10.0. The highest BCUT2D eigenvalue weighted by Crippen LogP contribution is 2.30. The number of primary amides is 2. The molecule has 2 aliphatic carbocycles. The van der Waals surface area contributed by atoms with Crippen molar-refractivity contribution in [2.45, 2.75) is 62.2 Å². The smallest absolute Gasteiger partial charge is 0.221 e. The number of aromatic amines is 1. The van der Waals surface area contributed by atoms with Gasteiger partial charge < -0.3 is 21.0 Å². The fourth-order valence-electron chi connectivity index (χ4n) is 5.14. The first-order chi connectivity index (χ1) is 18.9. The summed E-state index contributed by atoms with van der Waals surface area (Å²) in [5.74, 6) is -0.577. The number of nitrogens with one attached hydrogen (secondary N) is 1. The number of benzene rings is 2. The zero-order valence-corrected chi connectivity index (χ0v) is 23.8. The summed E-state index contributed by atoms with van der Waals surface area (Å²) in [6, 6.07) is 16.5. The van der Waals surface area contributed by atoms with E-state index in [0.717, 1.165) is 33.8 Å². The van der Waals surface area contributed by atoms with Crippen LogP contribution in [0.2, 0.25) is 0 Å². The molecule has 204 valence electrons. The maximum absolute atomic E-state index is 11.2. The van der Waals surface area contributed by atoms with Crippen LogP contribution >= 0.6 is 15.9 Å². The van der Waals surface area contributed by atoms with Crippen molar-refractivity contribution in [3.63, 3.8) is 0 Å². The molecular weight excluding hydrogens is 552 g/mol. The molecule has 0 spiro atoms. The molecule has 2 heterocycles. The van der Waals surface area contributed by atoms with E-state index >= 15 is 0 Å². The van der Waals surface area contributed by atoms with Crippen LogP contribution in [0.15, 0.2) is 85.2 Å². The fourth-order valence-corrected chi connectivity index (χ4v) is 5.68. The molecule has 2 atom stereocenters. The average molecular weight is 590 g/mol. The topological polar surface area (TPSA) is 107 Å². The van der Waals surface area contributed by atoms with Gasteiger partial charge in [0.05, 0.1) is 18.9 Å². The maximum Gasteiger partial charge on any atom is 0.221 e. The Hall–Kier alpha value is -3.58. The Balaban J connectivity index is 0.000000152. The monoisotopic (exact) mass is 588 g/mol. The van der Waals surface area contributed by atoms with E-state index in [1.165, 1.54) is 37.6 Å². The van der Waals surface area contributed by atoms with E-state index in [0.29, 0.717) is 23.7 Å². The lowest BCUT2D eigenvalue weighted by molar-refractivity contribution is -0.118. The number of para-hydroxylation sites is 2. The number of rotatable bonds is 5. The number of nitrogens with zero attached hydrogens (tertiary/aromatic N) is 1. The van der Waals surface area contributed by atoms with Crippen LogP contribution < -0.4 is 11.5 Å². The molecule has 0 aliphatic heterocycles. The molecule has 4 aromatic rings. The van der Waals surface area contributed by atoms with Crippen LogP contribution in [-0.2, 0) is 22.4 Å². The summed E-state index contributed by atoms with van der Waals surface area (Å²) >= 11 is 3.50. The van der Waals surface area contributed by atoms with E-state index in [-0.39, 0.29) is 11.8 Å². The number of halogens is 1. The second kappa shape index (κ2) is 14.0. The Morgan fingerprint density at radius 3 is 2.10 bits per heavy atom. The quantitative estimate of drug-likeness (QED) is 0.179. The van der Waals surface area contributed by atoms with Crippen LogP contribution in [0.3, 0.4) is 0 Å². The number of allylic oxidation sites excluding steroid dienone is 4. The largest absolute Gasteiger partial charge is 0.369 e. The number of hydrogen-bond acceptors (Lipinski definition) is 2. The van der Waals surface area contributed by atoms with Gasteiger partial charge in [0.25, 0.3) is 0 Å². The van der Waals surface area contributed by atoms with E-state index < -0.39 is 0 Å². The van der Waals surface area contributed by atoms with Gasteiger partial charge in [0.2, 0.25) is 11.8 Å².